The van der Waals surface area contributed by atoms with Crippen molar-refractivity contribution in [3.05, 3.63) is 57.8 Å². The third-order valence-corrected chi connectivity index (χ3v) is 3.98. The van der Waals surface area contributed by atoms with Crippen LogP contribution < -0.4 is 10.1 Å². The zero-order valence-corrected chi connectivity index (χ0v) is 14.0. The number of aryl methyl sites for hydroxylation is 1. The molecule has 2 nitrogen and oxygen atoms in total. The second-order valence-electron chi connectivity index (χ2n) is 5.18. The summed E-state index contributed by atoms with van der Waals surface area (Å²) in [5, 5.41) is 3.43. The molecular weight excluding hydrogens is 333 g/mol. The van der Waals surface area contributed by atoms with Gasteiger partial charge in [0.2, 0.25) is 0 Å². The van der Waals surface area contributed by atoms with Crippen LogP contribution in [-0.4, -0.2) is 13.2 Å². The van der Waals surface area contributed by atoms with E-state index in [1.807, 2.05) is 19.1 Å². The molecule has 2 aromatic rings. The van der Waals surface area contributed by atoms with Gasteiger partial charge in [0.25, 0.3) is 0 Å². The fraction of sp³-hybridized carbons (Fsp3) is 0.294. The molecule has 0 amide bonds. The predicted molar refractivity (Wildman–Crippen MR) is 88.6 cm³/mol. The summed E-state index contributed by atoms with van der Waals surface area (Å²) in [5.74, 6) is 0.624. The van der Waals surface area contributed by atoms with Crippen molar-refractivity contribution >= 4 is 21.6 Å². The summed E-state index contributed by atoms with van der Waals surface area (Å²) in [6, 6.07) is 11.6. The fourth-order valence-electron chi connectivity index (χ4n) is 2.23. The summed E-state index contributed by atoms with van der Waals surface area (Å²) in [6.07, 6.45) is 0.887. The van der Waals surface area contributed by atoms with Crippen LogP contribution in [0.4, 0.5) is 10.1 Å². The van der Waals surface area contributed by atoms with E-state index < -0.39 is 0 Å². The lowest BCUT2D eigenvalue weighted by Gasteiger charge is -2.18. The van der Waals surface area contributed by atoms with E-state index >= 15 is 0 Å². The van der Waals surface area contributed by atoms with Gasteiger partial charge in [-0.15, -0.1) is 0 Å². The molecule has 0 aliphatic rings. The highest BCUT2D eigenvalue weighted by Gasteiger charge is 2.09. The Morgan fingerprint density at radius 1 is 1.24 bits per heavy atom. The van der Waals surface area contributed by atoms with Crippen molar-refractivity contribution in [2.24, 2.45) is 0 Å². The van der Waals surface area contributed by atoms with Gasteiger partial charge in [-0.25, -0.2) is 4.39 Å². The van der Waals surface area contributed by atoms with E-state index in [-0.39, 0.29) is 11.9 Å². The Bertz CT molecular complexity index is 613. The summed E-state index contributed by atoms with van der Waals surface area (Å²) in [6.45, 7) is 4.01. The van der Waals surface area contributed by atoms with Crippen molar-refractivity contribution in [1.29, 1.82) is 0 Å². The van der Waals surface area contributed by atoms with E-state index in [2.05, 4.69) is 40.3 Å². The lowest BCUT2D eigenvalue weighted by Crippen LogP contribution is -2.18. The zero-order chi connectivity index (χ0) is 15.4. The quantitative estimate of drug-likeness (QED) is 0.822. The van der Waals surface area contributed by atoms with Gasteiger partial charge in [0, 0.05) is 11.7 Å². The Morgan fingerprint density at radius 3 is 2.52 bits per heavy atom. The SMILES string of the molecule is COc1ccc(CC(C)Nc2cc(Br)c(F)cc2C)cc1. The van der Waals surface area contributed by atoms with Crippen molar-refractivity contribution in [3.63, 3.8) is 0 Å². The molecule has 4 heteroatoms. The van der Waals surface area contributed by atoms with Crippen LogP contribution in [0.5, 0.6) is 5.75 Å². The molecule has 1 atom stereocenters. The minimum atomic E-state index is -0.235. The minimum absolute atomic E-state index is 0.235. The lowest BCUT2D eigenvalue weighted by molar-refractivity contribution is 0.414. The predicted octanol–water partition coefficient (Wildman–Crippen LogP) is 4.95. The molecule has 0 saturated carbocycles. The van der Waals surface area contributed by atoms with Crippen LogP contribution in [0, 0.1) is 12.7 Å². The molecule has 0 radical (unpaired) electrons. The topological polar surface area (TPSA) is 21.3 Å². The van der Waals surface area contributed by atoms with E-state index in [1.54, 1.807) is 13.2 Å². The highest BCUT2D eigenvalue weighted by atomic mass is 79.9. The average Bonchev–Trinajstić information content (AvgIpc) is 2.45. The van der Waals surface area contributed by atoms with Crippen molar-refractivity contribution in [2.75, 3.05) is 12.4 Å². The second-order valence-corrected chi connectivity index (χ2v) is 6.03. The van der Waals surface area contributed by atoms with Crippen LogP contribution in [0.25, 0.3) is 0 Å². The van der Waals surface area contributed by atoms with Crippen molar-refractivity contribution in [2.45, 2.75) is 26.3 Å². The molecule has 0 heterocycles. The summed E-state index contributed by atoms with van der Waals surface area (Å²) in [4.78, 5) is 0. The molecule has 0 aromatic heterocycles. The molecular formula is C17H19BrFNO. The molecule has 2 rings (SSSR count). The molecule has 2 aromatic carbocycles. The summed E-state index contributed by atoms with van der Waals surface area (Å²) in [7, 11) is 1.66. The summed E-state index contributed by atoms with van der Waals surface area (Å²) < 4.78 is 19.1. The van der Waals surface area contributed by atoms with Crippen molar-refractivity contribution < 1.29 is 9.13 Å². The first-order valence-electron chi connectivity index (χ1n) is 6.84. The van der Waals surface area contributed by atoms with E-state index in [1.165, 1.54) is 11.6 Å². The Kier molecular flexibility index (Phi) is 5.23. The zero-order valence-electron chi connectivity index (χ0n) is 12.4. The number of anilines is 1. The number of rotatable bonds is 5. The van der Waals surface area contributed by atoms with Gasteiger partial charge in [0.1, 0.15) is 11.6 Å². The third kappa shape index (κ3) is 4.21. The van der Waals surface area contributed by atoms with Gasteiger partial charge in [-0.2, -0.15) is 0 Å². The van der Waals surface area contributed by atoms with Crippen LogP contribution in [0.2, 0.25) is 0 Å². The minimum Gasteiger partial charge on any atom is -0.497 e. The third-order valence-electron chi connectivity index (χ3n) is 3.37. The Balaban J connectivity index is 2.04. The molecule has 0 spiro atoms. The van der Waals surface area contributed by atoms with Gasteiger partial charge in [-0.05, 0) is 71.6 Å². The maximum atomic E-state index is 13.4. The molecule has 21 heavy (non-hydrogen) atoms. The van der Waals surface area contributed by atoms with Crippen LogP contribution in [0.1, 0.15) is 18.1 Å². The fourth-order valence-corrected chi connectivity index (χ4v) is 2.58. The summed E-state index contributed by atoms with van der Waals surface area (Å²) >= 11 is 3.22. The number of hydrogen-bond donors (Lipinski definition) is 1. The van der Waals surface area contributed by atoms with Gasteiger partial charge < -0.3 is 10.1 Å². The van der Waals surface area contributed by atoms with Gasteiger partial charge >= 0.3 is 0 Å². The van der Waals surface area contributed by atoms with Crippen LogP contribution in [0.3, 0.4) is 0 Å². The molecule has 0 saturated heterocycles. The summed E-state index contributed by atoms with van der Waals surface area (Å²) in [5.41, 5.74) is 3.08. The average molecular weight is 352 g/mol. The standard InChI is InChI=1S/C17H19BrFNO/c1-11-8-16(19)15(18)10-17(11)20-12(2)9-13-4-6-14(21-3)7-5-13/h4-8,10,12,20H,9H2,1-3H3. The Labute approximate surface area is 133 Å². The Hall–Kier alpha value is -1.55. The van der Waals surface area contributed by atoms with Crippen molar-refractivity contribution in [3.8, 4) is 5.75 Å². The second kappa shape index (κ2) is 6.94. The maximum Gasteiger partial charge on any atom is 0.137 e. The number of hydrogen-bond acceptors (Lipinski definition) is 2. The van der Waals surface area contributed by atoms with Gasteiger partial charge in [0.15, 0.2) is 0 Å². The normalized spacial score (nSPS) is 12.0. The molecule has 1 N–H and O–H groups in total. The van der Waals surface area contributed by atoms with E-state index in [0.717, 1.165) is 23.4 Å². The highest BCUT2D eigenvalue weighted by molar-refractivity contribution is 9.10. The van der Waals surface area contributed by atoms with Gasteiger partial charge in [0.05, 0.1) is 11.6 Å². The number of halogens is 2. The van der Waals surface area contributed by atoms with Crippen molar-refractivity contribution in [1.82, 2.24) is 0 Å². The Morgan fingerprint density at radius 2 is 1.90 bits per heavy atom. The first-order valence-corrected chi connectivity index (χ1v) is 7.64. The first-order chi connectivity index (χ1) is 9.99. The smallest absolute Gasteiger partial charge is 0.137 e. The largest absolute Gasteiger partial charge is 0.497 e. The van der Waals surface area contributed by atoms with E-state index in [0.29, 0.717) is 4.47 Å². The molecule has 112 valence electrons. The van der Waals surface area contributed by atoms with Gasteiger partial charge in [-0.1, -0.05) is 12.1 Å². The van der Waals surface area contributed by atoms with E-state index in [4.69, 9.17) is 4.74 Å². The van der Waals surface area contributed by atoms with Gasteiger partial charge in [-0.3, -0.25) is 0 Å². The molecule has 0 fully saturated rings. The van der Waals surface area contributed by atoms with Crippen LogP contribution >= 0.6 is 15.9 Å². The monoisotopic (exact) mass is 351 g/mol. The number of ether oxygens (including phenoxy) is 1. The maximum absolute atomic E-state index is 13.4. The van der Waals surface area contributed by atoms with Crippen LogP contribution in [-0.2, 0) is 6.42 Å². The molecule has 0 aliphatic heterocycles. The number of nitrogens with one attached hydrogen (secondary N) is 1. The number of methoxy groups -OCH3 is 1. The number of benzene rings is 2. The lowest BCUT2D eigenvalue weighted by atomic mass is 10.1. The molecule has 1 unspecified atom stereocenters. The van der Waals surface area contributed by atoms with E-state index in [9.17, 15) is 4.39 Å². The van der Waals surface area contributed by atoms with Crippen LogP contribution in [0.15, 0.2) is 40.9 Å². The molecule has 0 bridgehead atoms. The highest BCUT2D eigenvalue weighted by Crippen LogP contribution is 2.25. The first kappa shape index (κ1) is 15.8. The molecule has 0 aliphatic carbocycles.